The van der Waals surface area contributed by atoms with Gasteiger partial charge in [0.25, 0.3) is 0 Å². The van der Waals surface area contributed by atoms with Gasteiger partial charge in [-0.1, -0.05) is 25.0 Å². The zero-order chi connectivity index (χ0) is 15.5. The molecule has 1 N–H and O–H groups in total. The lowest BCUT2D eigenvalue weighted by Gasteiger charge is -2.21. The van der Waals surface area contributed by atoms with Crippen LogP contribution < -0.4 is 5.32 Å². The van der Waals surface area contributed by atoms with Crippen LogP contribution in [0.25, 0.3) is 0 Å². The molecule has 4 nitrogen and oxygen atoms in total. The SMILES string of the molecule is CC(C)N(C)S(=O)(=O)c1ccc(CNC2CCCC2)cc1.Cl. The molecule has 2 rings (SSSR count). The van der Waals surface area contributed by atoms with Crippen molar-refractivity contribution in [1.82, 2.24) is 9.62 Å². The van der Waals surface area contributed by atoms with Crippen LogP contribution in [0.4, 0.5) is 0 Å². The van der Waals surface area contributed by atoms with Gasteiger partial charge in [0.1, 0.15) is 0 Å². The molecule has 0 heterocycles. The molecule has 0 spiro atoms. The standard InChI is InChI=1S/C16H26N2O2S.ClH/c1-13(2)18(3)21(19,20)16-10-8-14(9-11-16)12-17-15-6-4-5-7-15;/h8-11,13,15,17H,4-7,12H2,1-3H3;1H. The monoisotopic (exact) mass is 346 g/mol. The highest BCUT2D eigenvalue weighted by molar-refractivity contribution is 7.89. The second-order valence-corrected chi connectivity index (χ2v) is 8.12. The highest BCUT2D eigenvalue weighted by atomic mass is 35.5. The van der Waals surface area contributed by atoms with E-state index in [1.807, 2.05) is 26.0 Å². The molecule has 0 bridgehead atoms. The molecule has 0 radical (unpaired) electrons. The summed E-state index contributed by atoms with van der Waals surface area (Å²) >= 11 is 0. The van der Waals surface area contributed by atoms with Crippen molar-refractivity contribution in [2.24, 2.45) is 0 Å². The Bertz CT molecular complexity index is 552. The zero-order valence-corrected chi connectivity index (χ0v) is 15.2. The van der Waals surface area contributed by atoms with Crippen LogP contribution in [0, 0.1) is 0 Å². The zero-order valence-electron chi connectivity index (χ0n) is 13.6. The Hall–Kier alpha value is -0.620. The number of hydrogen-bond acceptors (Lipinski definition) is 3. The summed E-state index contributed by atoms with van der Waals surface area (Å²) in [5.74, 6) is 0. The topological polar surface area (TPSA) is 49.4 Å². The Morgan fingerprint density at radius 3 is 2.23 bits per heavy atom. The first-order valence-corrected chi connectivity index (χ1v) is 9.15. The van der Waals surface area contributed by atoms with Crippen LogP contribution in [0.2, 0.25) is 0 Å². The third-order valence-electron chi connectivity index (χ3n) is 4.28. The third-order valence-corrected chi connectivity index (χ3v) is 6.33. The Kier molecular flexibility index (Phi) is 7.32. The fourth-order valence-electron chi connectivity index (χ4n) is 2.62. The number of sulfonamides is 1. The molecule has 1 aliphatic carbocycles. The Balaban J connectivity index is 0.00000242. The van der Waals surface area contributed by atoms with E-state index >= 15 is 0 Å². The van der Waals surface area contributed by atoms with Gasteiger partial charge in [-0.2, -0.15) is 4.31 Å². The molecule has 6 heteroatoms. The summed E-state index contributed by atoms with van der Waals surface area (Å²) in [6, 6.07) is 7.81. The maximum absolute atomic E-state index is 12.4. The summed E-state index contributed by atoms with van der Waals surface area (Å²) in [5.41, 5.74) is 1.13. The molecular weight excluding hydrogens is 320 g/mol. The lowest BCUT2D eigenvalue weighted by atomic mass is 10.2. The molecule has 22 heavy (non-hydrogen) atoms. The van der Waals surface area contributed by atoms with Gasteiger partial charge in [0.15, 0.2) is 0 Å². The number of benzene rings is 1. The molecule has 1 aliphatic rings. The van der Waals surface area contributed by atoms with Gasteiger partial charge in [-0.25, -0.2) is 8.42 Å². The lowest BCUT2D eigenvalue weighted by molar-refractivity contribution is 0.410. The van der Waals surface area contributed by atoms with E-state index in [0.717, 1.165) is 12.1 Å². The second kappa shape index (κ2) is 8.29. The minimum Gasteiger partial charge on any atom is -0.310 e. The van der Waals surface area contributed by atoms with Crippen molar-refractivity contribution in [3.8, 4) is 0 Å². The average molecular weight is 347 g/mol. The predicted octanol–water partition coefficient (Wildman–Crippen LogP) is 3.17. The van der Waals surface area contributed by atoms with Gasteiger partial charge in [0.2, 0.25) is 10.0 Å². The van der Waals surface area contributed by atoms with E-state index in [9.17, 15) is 8.42 Å². The maximum Gasteiger partial charge on any atom is 0.243 e. The lowest BCUT2D eigenvalue weighted by Crippen LogP contribution is -2.33. The molecule has 0 amide bonds. The number of nitrogens with one attached hydrogen (secondary N) is 1. The molecule has 0 aliphatic heterocycles. The van der Waals surface area contributed by atoms with Crippen molar-refractivity contribution >= 4 is 22.4 Å². The van der Waals surface area contributed by atoms with Crippen LogP contribution in [-0.2, 0) is 16.6 Å². The predicted molar refractivity (Wildman–Crippen MR) is 92.9 cm³/mol. The first kappa shape index (κ1) is 19.4. The second-order valence-electron chi connectivity index (χ2n) is 6.12. The van der Waals surface area contributed by atoms with Gasteiger partial charge in [-0.15, -0.1) is 12.4 Å². The fourth-order valence-corrected chi connectivity index (χ4v) is 3.98. The minimum atomic E-state index is -3.37. The first-order valence-electron chi connectivity index (χ1n) is 7.71. The molecule has 0 saturated heterocycles. The average Bonchev–Trinajstić information content (AvgIpc) is 2.98. The van der Waals surface area contributed by atoms with Gasteiger partial charge in [0.05, 0.1) is 4.90 Å². The number of halogens is 1. The van der Waals surface area contributed by atoms with Crippen molar-refractivity contribution < 1.29 is 8.42 Å². The van der Waals surface area contributed by atoms with Gasteiger partial charge in [-0.05, 0) is 44.4 Å². The van der Waals surface area contributed by atoms with Gasteiger partial charge in [0, 0.05) is 25.7 Å². The van der Waals surface area contributed by atoms with Crippen LogP contribution in [-0.4, -0.2) is 31.9 Å². The summed E-state index contributed by atoms with van der Waals surface area (Å²) in [4.78, 5) is 0.364. The summed E-state index contributed by atoms with van der Waals surface area (Å²) in [6.45, 7) is 4.56. The Labute approximate surface area is 140 Å². The van der Waals surface area contributed by atoms with Crippen LogP contribution in [0.15, 0.2) is 29.2 Å². The smallest absolute Gasteiger partial charge is 0.243 e. The van der Waals surface area contributed by atoms with Gasteiger partial charge >= 0.3 is 0 Å². The third kappa shape index (κ3) is 4.69. The van der Waals surface area contributed by atoms with Crippen molar-refractivity contribution in [2.45, 2.75) is 63.1 Å². The molecular formula is C16H27ClN2O2S. The van der Waals surface area contributed by atoms with Crippen molar-refractivity contribution in [3.63, 3.8) is 0 Å². The maximum atomic E-state index is 12.4. The largest absolute Gasteiger partial charge is 0.310 e. The molecule has 1 aromatic carbocycles. The van der Waals surface area contributed by atoms with E-state index in [4.69, 9.17) is 0 Å². The van der Waals surface area contributed by atoms with Crippen molar-refractivity contribution in [3.05, 3.63) is 29.8 Å². The number of hydrogen-bond donors (Lipinski definition) is 1. The minimum absolute atomic E-state index is 0. The van der Waals surface area contributed by atoms with Gasteiger partial charge in [-0.3, -0.25) is 0 Å². The summed E-state index contributed by atoms with van der Waals surface area (Å²) < 4.78 is 26.1. The van der Waals surface area contributed by atoms with E-state index < -0.39 is 10.0 Å². The number of rotatable bonds is 6. The quantitative estimate of drug-likeness (QED) is 0.860. The Morgan fingerprint density at radius 2 is 1.73 bits per heavy atom. The Morgan fingerprint density at radius 1 is 1.18 bits per heavy atom. The van der Waals surface area contributed by atoms with E-state index in [0.29, 0.717) is 10.9 Å². The molecule has 0 atom stereocenters. The van der Waals surface area contributed by atoms with Crippen LogP contribution >= 0.6 is 12.4 Å². The van der Waals surface area contributed by atoms with E-state index in [2.05, 4.69) is 5.32 Å². The molecule has 1 aromatic rings. The molecule has 1 fully saturated rings. The highest BCUT2D eigenvalue weighted by Gasteiger charge is 2.22. The van der Waals surface area contributed by atoms with Crippen molar-refractivity contribution in [1.29, 1.82) is 0 Å². The summed E-state index contributed by atoms with van der Waals surface area (Å²) in [5, 5.41) is 3.54. The normalized spacial score (nSPS) is 16.2. The molecule has 0 aromatic heterocycles. The molecule has 126 valence electrons. The fraction of sp³-hybridized carbons (Fsp3) is 0.625. The summed E-state index contributed by atoms with van der Waals surface area (Å²) in [6.07, 6.45) is 5.14. The van der Waals surface area contributed by atoms with E-state index in [-0.39, 0.29) is 18.4 Å². The van der Waals surface area contributed by atoms with Crippen molar-refractivity contribution in [2.75, 3.05) is 7.05 Å². The molecule has 1 saturated carbocycles. The van der Waals surface area contributed by atoms with E-state index in [1.165, 1.54) is 30.0 Å². The molecule has 0 unspecified atom stereocenters. The van der Waals surface area contributed by atoms with Crippen LogP contribution in [0.1, 0.15) is 45.1 Å². The van der Waals surface area contributed by atoms with Crippen LogP contribution in [0.5, 0.6) is 0 Å². The summed E-state index contributed by atoms with van der Waals surface area (Å²) in [7, 11) is -1.75. The van der Waals surface area contributed by atoms with E-state index in [1.54, 1.807) is 19.2 Å². The van der Waals surface area contributed by atoms with Crippen LogP contribution in [0.3, 0.4) is 0 Å². The highest BCUT2D eigenvalue weighted by Crippen LogP contribution is 2.19. The number of nitrogens with zero attached hydrogens (tertiary/aromatic N) is 1. The first-order chi connectivity index (χ1) is 9.91. The van der Waals surface area contributed by atoms with Gasteiger partial charge < -0.3 is 5.32 Å².